The van der Waals surface area contributed by atoms with Crippen LogP contribution >= 0.6 is 0 Å². The number of nitrogens with one attached hydrogen (secondary N) is 1. The van der Waals surface area contributed by atoms with Crippen LogP contribution in [0.25, 0.3) is 0 Å². The molecule has 1 N–H and O–H groups in total. The number of nitrogens with zero attached hydrogens (tertiary/aromatic N) is 2. The minimum atomic E-state index is 0.118. The van der Waals surface area contributed by atoms with Crippen molar-refractivity contribution in [3.05, 3.63) is 29.8 Å². The minimum Gasteiger partial charge on any atom is -0.487 e. The van der Waals surface area contributed by atoms with E-state index in [1.807, 2.05) is 0 Å². The number of hydrogen-bond acceptors (Lipinski definition) is 4. The first-order valence-corrected chi connectivity index (χ1v) is 10.1. The van der Waals surface area contributed by atoms with E-state index in [0.29, 0.717) is 12.0 Å². The van der Waals surface area contributed by atoms with Crippen LogP contribution < -0.4 is 10.1 Å². The first-order chi connectivity index (χ1) is 12.1. The molecule has 0 bridgehead atoms. The van der Waals surface area contributed by atoms with Crippen molar-refractivity contribution >= 4 is 0 Å². The van der Waals surface area contributed by atoms with Gasteiger partial charge in [-0.1, -0.05) is 25.1 Å². The van der Waals surface area contributed by atoms with Crippen LogP contribution in [0.5, 0.6) is 5.75 Å². The number of benzene rings is 1. The fourth-order valence-corrected chi connectivity index (χ4v) is 4.56. The lowest BCUT2D eigenvalue weighted by Gasteiger charge is -2.48. The second kappa shape index (κ2) is 7.26. The Morgan fingerprint density at radius 2 is 1.96 bits per heavy atom. The predicted molar refractivity (Wildman–Crippen MR) is 102 cm³/mol. The van der Waals surface area contributed by atoms with E-state index in [2.05, 4.69) is 53.4 Å². The minimum absolute atomic E-state index is 0.118. The van der Waals surface area contributed by atoms with Gasteiger partial charge in [0, 0.05) is 50.7 Å². The highest BCUT2D eigenvalue weighted by molar-refractivity contribution is 5.39. The molecule has 0 radical (unpaired) electrons. The number of hydrogen-bond donors (Lipinski definition) is 1. The monoisotopic (exact) mass is 343 g/mol. The highest BCUT2D eigenvalue weighted by Crippen LogP contribution is 2.48. The molecule has 2 fully saturated rings. The van der Waals surface area contributed by atoms with E-state index >= 15 is 0 Å². The zero-order chi connectivity index (χ0) is 17.3. The predicted octanol–water partition coefficient (Wildman–Crippen LogP) is 2.91. The van der Waals surface area contributed by atoms with Crippen LogP contribution in [0.2, 0.25) is 0 Å². The summed E-state index contributed by atoms with van der Waals surface area (Å²) in [6.07, 6.45) is 4.88. The molecule has 4 rings (SSSR count). The highest BCUT2D eigenvalue weighted by atomic mass is 16.5. The van der Waals surface area contributed by atoms with Gasteiger partial charge in [0.1, 0.15) is 11.4 Å². The zero-order valence-corrected chi connectivity index (χ0v) is 15.8. The largest absolute Gasteiger partial charge is 0.487 e. The standard InChI is InChI=1S/C21H33N3O/c1-17(16-24-12-10-23(2)11-13-24)15-22-19-14-21(8-5-9-21)25-20-7-4-3-6-18(19)20/h3-4,6-7,17,19,22H,5,8-16H2,1-2H3/t17-,19-/m1/s1. The van der Waals surface area contributed by atoms with E-state index in [0.717, 1.165) is 18.7 Å². The first-order valence-electron chi connectivity index (χ1n) is 10.1. The maximum absolute atomic E-state index is 6.37. The molecule has 3 aliphatic rings. The molecule has 1 saturated heterocycles. The Balaban J connectivity index is 1.34. The third-order valence-corrected chi connectivity index (χ3v) is 6.34. The Kier molecular flexibility index (Phi) is 5.03. The van der Waals surface area contributed by atoms with E-state index in [1.54, 1.807) is 0 Å². The topological polar surface area (TPSA) is 27.7 Å². The molecule has 1 spiro atoms. The van der Waals surface area contributed by atoms with E-state index < -0.39 is 0 Å². The molecule has 25 heavy (non-hydrogen) atoms. The molecule has 0 aromatic heterocycles. The summed E-state index contributed by atoms with van der Waals surface area (Å²) >= 11 is 0. The molecule has 4 nitrogen and oxygen atoms in total. The van der Waals surface area contributed by atoms with Crippen molar-refractivity contribution in [1.29, 1.82) is 0 Å². The van der Waals surface area contributed by atoms with Gasteiger partial charge in [-0.3, -0.25) is 0 Å². The summed E-state index contributed by atoms with van der Waals surface area (Å²) in [6, 6.07) is 9.08. The van der Waals surface area contributed by atoms with Gasteiger partial charge in [-0.25, -0.2) is 0 Å². The van der Waals surface area contributed by atoms with Crippen molar-refractivity contribution in [2.75, 3.05) is 46.3 Å². The quantitative estimate of drug-likeness (QED) is 0.890. The lowest BCUT2D eigenvalue weighted by atomic mass is 9.73. The Bertz CT molecular complexity index is 578. The van der Waals surface area contributed by atoms with Gasteiger partial charge in [-0.15, -0.1) is 0 Å². The van der Waals surface area contributed by atoms with E-state index in [1.165, 1.54) is 57.5 Å². The van der Waals surface area contributed by atoms with Crippen LogP contribution in [-0.4, -0.2) is 61.7 Å². The van der Waals surface area contributed by atoms with Gasteiger partial charge in [0.2, 0.25) is 0 Å². The van der Waals surface area contributed by atoms with Crippen molar-refractivity contribution in [3.8, 4) is 5.75 Å². The molecule has 0 amide bonds. The SMILES string of the molecule is C[C@H](CN[C@@H]1CC2(CCC2)Oc2ccccc21)CN1CCN(C)CC1. The lowest BCUT2D eigenvalue weighted by molar-refractivity contribution is -0.0372. The Morgan fingerprint density at radius 3 is 2.68 bits per heavy atom. The summed E-state index contributed by atoms with van der Waals surface area (Å²) in [6.45, 7) is 9.51. The van der Waals surface area contributed by atoms with Crippen LogP contribution in [0.4, 0.5) is 0 Å². The summed E-state index contributed by atoms with van der Waals surface area (Å²) in [7, 11) is 2.22. The van der Waals surface area contributed by atoms with Crippen molar-refractivity contribution in [2.45, 2.75) is 44.2 Å². The molecule has 138 valence electrons. The van der Waals surface area contributed by atoms with Gasteiger partial charge in [0.05, 0.1) is 0 Å². The normalized spacial score (nSPS) is 27.4. The molecular weight excluding hydrogens is 310 g/mol. The fraction of sp³-hybridized carbons (Fsp3) is 0.714. The average Bonchev–Trinajstić information content (AvgIpc) is 2.60. The second-order valence-corrected chi connectivity index (χ2v) is 8.55. The van der Waals surface area contributed by atoms with Crippen molar-refractivity contribution in [1.82, 2.24) is 15.1 Å². The lowest BCUT2D eigenvalue weighted by Crippen LogP contribution is -2.50. The summed E-state index contributed by atoms with van der Waals surface area (Å²) in [4.78, 5) is 5.05. The number of piperazine rings is 1. The smallest absolute Gasteiger partial charge is 0.124 e. The number of likely N-dealkylation sites (N-methyl/N-ethyl adjacent to an activating group) is 1. The molecule has 2 atom stereocenters. The van der Waals surface area contributed by atoms with Gasteiger partial charge in [0.15, 0.2) is 0 Å². The van der Waals surface area contributed by atoms with Crippen LogP contribution in [-0.2, 0) is 0 Å². The van der Waals surface area contributed by atoms with Crippen LogP contribution in [0, 0.1) is 5.92 Å². The molecule has 4 heteroatoms. The van der Waals surface area contributed by atoms with Crippen LogP contribution in [0.1, 0.15) is 44.2 Å². The summed E-state index contributed by atoms with van der Waals surface area (Å²) in [5.74, 6) is 1.79. The molecule has 2 heterocycles. The molecule has 1 aromatic rings. The van der Waals surface area contributed by atoms with Gasteiger partial charge in [-0.2, -0.15) is 0 Å². The molecular formula is C21H33N3O. The van der Waals surface area contributed by atoms with Gasteiger partial charge >= 0.3 is 0 Å². The maximum Gasteiger partial charge on any atom is 0.124 e. The van der Waals surface area contributed by atoms with Gasteiger partial charge < -0.3 is 19.9 Å². The molecule has 0 unspecified atom stereocenters. The zero-order valence-electron chi connectivity index (χ0n) is 15.8. The van der Waals surface area contributed by atoms with E-state index in [4.69, 9.17) is 4.74 Å². The molecule has 1 saturated carbocycles. The Labute approximate surface area is 152 Å². The molecule has 1 aromatic carbocycles. The van der Waals surface area contributed by atoms with Crippen molar-refractivity contribution in [2.24, 2.45) is 5.92 Å². The van der Waals surface area contributed by atoms with Crippen LogP contribution in [0.3, 0.4) is 0 Å². The summed E-state index contributed by atoms with van der Waals surface area (Å²) < 4.78 is 6.37. The molecule has 1 aliphatic carbocycles. The maximum atomic E-state index is 6.37. The number of rotatable bonds is 5. The average molecular weight is 344 g/mol. The van der Waals surface area contributed by atoms with Gasteiger partial charge in [0.25, 0.3) is 0 Å². The summed E-state index contributed by atoms with van der Waals surface area (Å²) in [5.41, 5.74) is 1.47. The van der Waals surface area contributed by atoms with Gasteiger partial charge in [-0.05, 0) is 44.8 Å². The Hall–Kier alpha value is -1.10. The number of para-hydroxylation sites is 1. The number of ether oxygens (including phenoxy) is 1. The Morgan fingerprint density at radius 1 is 1.20 bits per heavy atom. The fourth-order valence-electron chi connectivity index (χ4n) is 4.56. The van der Waals surface area contributed by atoms with Crippen LogP contribution in [0.15, 0.2) is 24.3 Å². The van der Waals surface area contributed by atoms with E-state index in [9.17, 15) is 0 Å². The first kappa shape index (κ1) is 17.3. The van der Waals surface area contributed by atoms with Crippen molar-refractivity contribution < 1.29 is 4.74 Å². The van der Waals surface area contributed by atoms with Crippen molar-refractivity contribution in [3.63, 3.8) is 0 Å². The third kappa shape index (κ3) is 3.86. The number of fused-ring (bicyclic) bond motifs is 1. The second-order valence-electron chi connectivity index (χ2n) is 8.55. The third-order valence-electron chi connectivity index (χ3n) is 6.34. The summed E-state index contributed by atoms with van der Waals surface area (Å²) in [5, 5.41) is 3.88. The molecule has 2 aliphatic heterocycles. The highest BCUT2D eigenvalue weighted by Gasteiger charge is 2.45. The van der Waals surface area contributed by atoms with E-state index in [-0.39, 0.29) is 5.60 Å².